The summed E-state index contributed by atoms with van der Waals surface area (Å²) in [5.41, 5.74) is 3.98. The summed E-state index contributed by atoms with van der Waals surface area (Å²) in [6, 6.07) is 17.8. The largest absolute Gasteiger partial charge is 0.322 e. The maximum atomic E-state index is 13.2. The highest BCUT2D eigenvalue weighted by atomic mass is 19.1. The summed E-state index contributed by atoms with van der Waals surface area (Å²) in [7, 11) is 0. The zero-order valence-electron chi connectivity index (χ0n) is 15.0. The Morgan fingerprint density at radius 2 is 1.41 bits per heavy atom. The van der Waals surface area contributed by atoms with Gasteiger partial charge in [-0.05, 0) is 73.5 Å². The summed E-state index contributed by atoms with van der Waals surface area (Å²) in [6.45, 7) is 3.88. The van der Waals surface area contributed by atoms with Crippen molar-refractivity contribution in [3.05, 3.63) is 94.8 Å². The van der Waals surface area contributed by atoms with Crippen molar-refractivity contribution in [2.75, 3.05) is 10.6 Å². The molecule has 0 aliphatic rings. The fraction of sp³-hybridized carbons (Fsp3) is 0.0909. The number of halogens is 1. The van der Waals surface area contributed by atoms with E-state index in [1.165, 1.54) is 18.2 Å². The normalized spacial score (nSPS) is 10.3. The van der Waals surface area contributed by atoms with E-state index in [1.54, 1.807) is 30.3 Å². The maximum Gasteiger partial charge on any atom is 0.255 e. The number of aryl methyl sites for hydroxylation is 2. The van der Waals surface area contributed by atoms with E-state index in [2.05, 4.69) is 10.6 Å². The first-order valence-electron chi connectivity index (χ1n) is 8.48. The van der Waals surface area contributed by atoms with E-state index in [0.29, 0.717) is 16.8 Å². The highest BCUT2D eigenvalue weighted by molar-refractivity contribution is 6.07. The van der Waals surface area contributed by atoms with Crippen LogP contribution in [0.15, 0.2) is 66.7 Å². The fourth-order valence-electron chi connectivity index (χ4n) is 2.61. The Kier molecular flexibility index (Phi) is 5.31. The summed E-state index contributed by atoms with van der Waals surface area (Å²) in [4.78, 5) is 24.7. The molecule has 0 fully saturated rings. The molecule has 0 heterocycles. The molecular formula is C22H19FN2O2. The second-order valence-corrected chi connectivity index (χ2v) is 6.31. The third-order valence-corrected chi connectivity index (χ3v) is 4.13. The van der Waals surface area contributed by atoms with Crippen LogP contribution < -0.4 is 10.6 Å². The Labute approximate surface area is 157 Å². The minimum absolute atomic E-state index is 0.249. The molecule has 0 unspecified atom stereocenters. The number of rotatable bonds is 4. The second-order valence-electron chi connectivity index (χ2n) is 6.31. The molecule has 0 aliphatic heterocycles. The highest BCUT2D eigenvalue weighted by Crippen LogP contribution is 2.18. The van der Waals surface area contributed by atoms with Gasteiger partial charge in [0.25, 0.3) is 11.8 Å². The van der Waals surface area contributed by atoms with Crippen molar-refractivity contribution >= 4 is 23.2 Å². The van der Waals surface area contributed by atoms with E-state index in [-0.39, 0.29) is 11.8 Å². The summed E-state index contributed by atoms with van der Waals surface area (Å²) >= 11 is 0. The molecule has 0 saturated heterocycles. The molecule has 2 amide bonds. The van der Waals surface area contributed by atoms with Crippen LogP contribution in [0.2, 0.25) is 0 Å². The summed E-state index contributed by atoms with van der Waals surface area (Å²) in [6.07, 6.45) is 0. The van der Waals surface area contributed by atoms with Crippen LogP contribution in [-0.2, 0) is 0 Å². The predicted molar refractivity (Wildman–Crippen MR) is 105 cm³/mol. The molecule has 3 rings (SSSR count). The Bertz CT molecular complexity index is 997. The number of anilines is 2. The molecule has 0 bridgehead atoms. The number of amides is 2. The lowest BCUT2D eigenvalue weighted by molar-refractivity contribution is 0.101. The van der Waals surface area contributed by atoms with Crippen molar-refractivity contribution in [2.45, 2.75) is 13.8 Å². The average molecular weight is 362 g/mol. The number of carbonyl (C=O) groups excluding carboxylic acids is 2. The minimum Gasteiger partial charge on any atom is -0.322 e. The van der Waals surface area contributed by atoms with Crippen molar-refractivity contribution in [1.82, 2.24) is 0 Å². The van der Waals surface area contributed by atoms with Gasteiger partial charge < -0.3 is 10.6 Å². The SMILES string of the molecule is Cc1ccc(C)c(NC(=O)c2ccc(C(=O)Nc3cccc(F)c3)cc2)c1. The first-order chi connectivity index (χ1) is 12.9. The molecular weight excluding hydrogens is 343 g/mol. The van der Waals surface area contributed by atoms with Gasteiger partial charge in [-0.3, -0.25) is 9.59 Å². The third kappa shape index (κ3) is 4.58. The Morgan fingerprint density at radius 1 is 0.778 bits per heavy atom. The summed E-state index contributed by atoms with van der Waals surface area (Å²) < 4.78 is 13.2. The number of benzene rings is 3. The zero-order valence-corrected chi connectivity index (χ0v) is 15.0. The number of nitrogens with one attached hydrogen (secondary N) is 2. The lowest BCUT2D eigenvalue weighted by Crippen LogP contribution is -2.15. The van der Waals surface area contributed by atoms with Crippen molar-refractivity contribution in [3.8, 4) is 0 Å². The highest BCUT2D eigenvalue weighted by Gasteiger charge is 2.11. The molecule has 27 heavy (non-hydrogen) atoms. The molecule has 3 aromatic rings. The van der Waals surface area contributed by atoms with E-state index >= 15 is 0 Å². The van der Waals surface area contributed by atoms with Gasteiger partial charge in [0.1, 0.15) is 5.82 Å². The van der Waals surface area contributed by atoms with Gasteiger partial charge in [0.15, 0.2) is 0 Å². The molecule has 5 heteroatoms. The molecule has 2 N–H and O–H groups in total. The van der Waals surface area contributed by atoms with E-state index in [1.807, 2.05) is 32.0 Å². The smallest absolute Gasteiger partial charge is 0.255 e. The lowest BCUT2D eigenvalue weighted by Gasteiger charge is -2.10. The molecule has 0 atom stereocenters. The van der Waals surface area contributed by atoms with Crippen LogP contribution in [0.3, 0.4) is 0 Å². The topological polar surface area (TPSA) is 58.2 Å². The van der Waals surface area contributed by atoms with E-state index in [4.69, 9.17) is 0 Å². The van der Waals surface area contributed by atoms with Gasteiger partial charge in [-0.25, -0.2) is 4.39 Å². The standard InChI is InChI=1S/C22H19FN2O2/c1-14-6-7-15(2)20(12-14)25-22(27)17-10-8-16(9-11-17)21(26)24-19-5-3-4-18(23)13-19/h3-13H,1-2H3,(H,24,26)(H,25,27). The van der Waals surface area contributed by atoms with Gasteiger partial charge in [-0.1, -0.05) is 18.2 Å². The van der Waals surface area contributed by atoms with Gasteiger partial charge in [0.05, 0.1) is 0 Å². The molecule has 0 saturated carbocycles. The van der Waals surface area contributed by atoms with E-state index < -0.39 is 5.82 Å². The van der Waals surface area contributed by atoms with Crippen molar-refractivity contribution in [3.63, 3.8) is 0 Å². The van der Waals surface area contributed by atoms with Crippen molar-refractivity contribution < 1.29 is 14.0 Å². The number of hydrogen-bond acceptors (Lipinski definition) is 2. The Hall–Kier alpha value is -3.47. The molecule has 4 nitrogen and oxygen atoms in total. The summed E-state index contributed by atoms with van der Waals surface area (Å²) in [5, 5.41) is 5.50. The van der Waals surface area contributed by atoms with Crippen LogP contribution in [0.5, 0.6) is 0 Å². The Morgan fingerprint density at radius 3 is 2.04 bits per heavy atom. The minimum atomic E-state index is -0.425. The molecule has 0 aromatic heterocycles. The molecule has 0 radical (unpaired) electrons. The first kappa shape index (κ1) is 18.3. The van der Waals surface area contributed by atoms with Crippen molar-refractivity contribution in [2.24, 2.45) is 0 Å². The Balaban J connectivity index is 1.70. The van der Waals surface area contributed by atoms with Crippen molar-refractivity contribution in [1.29, 1.82) is 0 Å². The van der Waals surface area contributed by atoms with Crippen LogP contribution in [-0.4, -0.2) is 11.8 Å². The number of carbonyl (C=O) groups is 2. The molecule has 3 aromatic carbocycles. The summed E-state index contributed by atoms with van der Waals surface area (Å²) in [5.74, 6) is -1.05. The van der Waals surface area contributed by atoms with Crippen LogP contribution in [0.4, 0.5) is 15.8 Å². The molecule has 0 aliphatic carbocycles. The van der Waals surface area contributed by atoms with E-state index in [0.717, 1.165) is 16.8 Å². The van der Waals surface area contributed by atoms with Gasteiger partial charge in [0, 0.05) is 22.5 Å². The van der Waals surface area contributed by atoms with Crippen LogP contribution in [0, 0.1) is 19.7 Å². The quantitative estimate of drug-likeness (QED) is 0.690. The van der Waals surface area contributed by atoms with E-state index in [9.17, 15) is 14.0 Å². The monoisotopic (exact) mass is 362 g/mol. The average Bonchev–Trinajstić information content (AvgIpc) is 2.65. The van der Waals surface area contributed by atoms with Gasteiger partial charge in [0.2, 0.25) is 0 Å². The fourth-order valence-corrected chi connectivity index (χ4v) is 2.61. The van der Waals surface area contributed by atoms with Gasteiger partial charge in [-0.2, -0.15) is 0 Å². The number of hydrogen-bond donors (Lipinski definition) is 2. The third-order valence-electron chi connectivity index (χ3n) is 4.13. The maximum absolute atomic E-state index is 13.2. The zero-order chi connectivity index (χ0) is 19.4. The lowest BCUT2D eigenvalue weighted by atomic mass is 10.1. The predicted octanol–water partition coefficient (Wildman–Crippen LogP) is 4.95. The van der Waals surface area contributed by atoms with Crippen LogP contribution in [0.25, 0.3) is 0 Å². The molecule has 136 valence electrons. The first-order valence-corrected chi connectivity index (χ1v) is 8.48. The van der Waals surface area contributed by atoms with Crippen LogP contribution in [0.1, 0.15) is 31.8 Å². The van der Waals surface area contributed by atoms with Crippen LogP contribution >= 0.6 is 0 Å². The van der Waals surface area contributed by atoms with Gasteiger partial charge >= 0.3 is 0 Å². The molecule has 0 spiro atoms. The van der Waals surface area contributed by atoms with Gasteiger partial charge in [-0.15, -0.1) is 0 Å². The second kappa shape index (κ2) is 7.83.